The van der Waals surface area contributed by atoms with Crippen molar-refractivity contribution in [3.05, 3.63) is 12.3 Å². The van der Waals surface area contributed by atoms with Crippen LogP contribution in [0.5, 0.6) is 0 Å². The van der Waals surface area contributed by atoms with Gasteiger partial charge in [0, 0.05) is 13.1 Å². The summed E-state index contributed by atoms with van der Waals surface area (Å²) in [4.78, 5) is 2.20. The molecule has 2 nitrogen and oxygen atoms in total. The highest BCUT2D eigenvalue weighted by atomic mass is 15.1. The zero-order valence-corrected chi connectivity index (χ0v) is 11.4. The van der Waals surface area contributed by atoms with E-state index in [1.54, 1.807) is 0 Å². The standard InChI is InChI=1S/C16H24N2/c1-3-18(11(2)9-17)10-16-14-5-12-4-13(7-14)8-15(16)6-12/h12-16H,2-8,10H2,1H3. The van der Waals surface area contributed by atoms with Crippen molar-refractivity contribution >= 4 is 0 Å². The molecule has 0 aromatic carbocycles. The lowest BCUT2D eigenvalue weighted by molar-refractivity contribution is -0.0450. The first kappa shape index (κ1) is 12.1. The second-order valence-electron chi connectivity index (χ2n) is 6.69. The molecule has 4 aliphatic rings. The molecule has 4 saturated carbocycles. The summed E-state index contributed by atoms with van der Waals surface area (Å²) in [5.41, 5.74) is 0.659. The molecule has 0 aliphatic heterocycles. The van der Waals surface area contributed by atoms with Crippen molar-refractivity contribution < 1.29 is 0 Å². The fourth-order valence-corrected chi connectivity index (χ4v) is 5.09. The van der Waals surface area contributed by atoms with Gasteiger partial charge in [0.05, 0.1) is 0 Å². The maximum Gasteiger partial charge on any atom is 0.116 e. The molecule has 0 N–H and O–H groups in total. The van der Waals surface area contributed by atoms with Gasteiger partial charge < -0.3 is 4.90 Å². The first-order valence-corrected chi connectivity index (χ1v) is 7.55. The van der Waals surface area contributed by atoms with Crippen LogP contribution < -0.4 is 0 Å². The molecule has 0 heterocycles. The molecule has 0 aromatic heterocycles. The zero-order valence-electron chi connectivity index (χ0n) is 11.4. The molecule has 0 radical (unpaired) electrons. The fraction of sp³-hybridized carbons (Fsp3) is 0.812. The highest BCUT2D eigenvalue weighted by Gasteiger charge is 2.48. The Balaban J connectivity index is 1.70. The Hall–Kier alpha value is -0.970. The van der Waals surface area contributed by atoms with E-state index < -0.39 is 0 Å². The summed E-state index contributed by atoms with van der Waals surface area (Å²) in [7, 11) is 0. The van der Waals surface area contributed by atoms with Crippen LogP contribution in [0, 0.1) is 40.9 Å². The maximum absolute atomic E-state index is 9.03. The number of nitriles is 1. The highest BCUT2D eigenvalue weighted by molar-refractivity contribution is 5.15. The van der Waals surface area contributed by atoms with Gasteiger partial charge in [-0.3, -0.25) is 0 Å². The molecular formula is C16H24N2. The van der Waals surface area contributed by atoms with Crippen molar-refractivity contribution in [3.8, 4) is 6.07 Å². The van der Waals surface area contributed by atoms with Gasteiger partial charge in [-0.2, -0.15) is 5.26 Å². The molecule has 0 saturated heterocycles. The van der Waals surface area contributed by atoms with Crippen LogP contribution >= 0.6 is 0 Å². The van der Waals surface area contributed by atoms with Crippen molar-refractivity contribution in [2.24, 2.45) is 29.6 Å². The van der Waals surface area contributed by atoms with Gasteiger partial charge in [-0.1, -0.05) is 6.58 Å². The fourth-order valence-electron chi connectivity index (χ4n) is 5.09. The van der Waals surface area contributed by atoms with E-state index >= 15 is 0 Å². The Kier molecular flexibility index (Phi) is 3.09. The molecule has 4 rings (SSSR count). The van der Waals surface area contributed by atoms with Gasteiger partial charge in [0.2, 0.25) is 0 Å². The Morgan fingerprint density at radius 2 is 1.72 bits per heavy atom. The van der Waals surface area contributed by atoms with E-state index in [1.165, 1.54) is 32.1 Å². The van der Waals surface area contributed by atoms with Crippen LogP contribution in [0.4, 0.5) is 0 Å². The van der Waals surface area contributed by atoms with Crippen molar-refractivity contribution in [1.82, 2.24) is 4.90 Å². The summed E-state index contributed by atoms with van der Waals surface area (Å²) in [6.07, 6.45) is 7.38. The van der Waals surface area contributed by atoms with E-state index in [4.69, 9.17) is 5.26 Å². The Bertz CT molecular complexity index is 351. The second kappa shape index (κ2) is 4.61. The lowest BCUT2D eigenvalue weighted by Gasteiger charge is -2.55. The van der Waals surface area contributed by atoms with Crippen LogP contribution in [-0.2, 0) is 0 Å². The predicted molar refractivity (Wildman–Crippen MR) is 72.5 cm³/mol. The smallest absolute Gasteiger partial charge is 0.116 e. The van der Waals surface area contributed by atoms with Gasteiger partial charge in [0.15, 0.2) is 0 Å². The summed E-state index contributed by atoms with van der Waals surface area (Å²) in [6.45, 7) is 8.04. The summed E-state index contributed by atoms with van der Waals surface area (Å²) in [5, 5.41) is 9.03. The average Bonchev–Trinajstić information content (AvgIpc) is 2.36. The second-order valence-corrected chi connectivity index (χ2v) is 6.69. The molecule has 4 aliphatic carbocycles. The number of rotatable bonds is 4. The van der Waals surface area contributed by atoms with Crippen molar-refractivity contribution in [1.29, 1.82) is 5.26 Å². The quantitative estimate of drug-likeness (QED) is 0.709. The highest BCUT2D eigenvalue weighted by Crippen LogP contribution is 2.56. The van der Waals surface area contributed by atoms with Crippen molar-refractivity contribution in [2.75, 3.05) is 13.1 Å². The molecular weight excluding hydrogens is 220 g/mol. The van der Waals surface area contributed by atoms with Crippen LogP contribution in [0.2, 0.25) is 0 Å². The lowest BCUT2D eigenvalue weighted by Crippen LogP contribution is -2.48. The zero-order chi connectivity index (χ0) is 12.7. The molecule has 0 atom stereocenters. The minimum atomic E-state index is 0.659. The SMILES string of the molecule is C=C(C#N)N(CC)CC1C2CC3CC(C2)CC1C3. The molecule has 4 fully saturated rings. The number of nitrogens with zero attached hydrogens (tertiary/aromatic N) is 2. The number of hydrogen-bond acceptors (Lipinski definition) is 2. The van der Waals surface area contributed by atoms with E-state index in [-0.39, 0.29) is 0 Å². The van der Waals surface area contributed by atoms with E-state index in [9.17, 15) is 0 Å². The van der Waals surface area contributed by atoms with E-state index in [0.717, 1.165) is 42.7 Å². The van der Waals surface area contributed by atoms with Gasteiger partial charge in [0.1, 0.15) is 11.8 Å². The van der Waals surface area contributed by atoms with E-state index in [0.29, 0.717) is 5.70 Å². The first-order chi connectivity index (χ1) is 8.71. The van der Waals surface area contributed by atoms with E-state index in [1.807, 2.05) is 0 Å². The summed E-state index contributed by atoms with van der Waals surface area (Å²) < 4.78 is 0. The van der Waals surface area contributed by atoms with Gasteiger partial charge in [-0.15, -0.1) is 0 Å². The minimum Gasteiger partial charge on any atom is -0.364 e. The largest absolute Gasteiger partial charge is 0.364 e. The van der Waals surface area contributed by atoms with Crippen LogP contribution in [0.25, 0.3) is 0 Å². The van der Waals surface area contributed by atoms with Crippen LogP contribution in [0.1, 0.15) is 39.0 Å². The topological polar surface area (TPSA) is 27.0 Å². The molecule has 0 spiro atoms. The Morgan fingerprint density at radius 3 is 2.17 bits per heavy atom. The summed E-state index contributed by atoms with van der Waals surface area (Å²) >= 11 is 0. The van der Waals surface area contributed by atoms with Gasteiger partial charge in [0.25, 0.3) is 0 Å². The third kappa shape index (κ3) is 1.94. The third-order valence-electron chi connectivity index (χ3n) is 5.75. The molecule has 2 heteroatoms. The number of allylic oxidation sites excluding steroid dienone is 1. The molecule has 4 bridgehead atoms. The van der Waals surface area contributed by atoms with Crippen LogP contribution in [-0.4, -0.2) is 18.0 Å². The normalized spacial score (nSPS) is 40.6. The third-order valence-corrected chi connectivity index (χ3v) is 5.75. The van der Waals surface area contributed by atoms with Crippen molar-refractivity contribution in [3.63, 3.8) is 0 Å². The van der Waals surface area contributed by atoms with Crippen LogP contribution in [0.3, 0.4) is 0 Å². The Labute approximate surface area is 111 Å². The van der Waals surface area contributed by atoms with Gasteiger partial charge >= 0.3 is 0 Å². The summed E-state index contributed by atoms with van der Waals surface area (Å²) in [6, 6.07) is 2.22. The molecule has 0 aromatic rings. The molecule has 0 amide bonds. The molecule has 0 unspecified atom stereocenters. The monoisotopic (exact) mass is 244 g/mol. The Morgan fingerprint density at radius 1 is 1.17 bits per heavy atom. The number of hydrogen-bond donors (Lipinski definition) is 0. The maximum atomic E-state index is 9.03. The average molecular weight is 244 g/mol. The first-order valence-electron chi connectivity index (χ1n) is 7.55. The van der Waals surface area contributed by atoms with Gasteiger partial charge in [-0.05, 0) is 68.6 Å². The van der Waals surface area contributed by atoms with E-state index in [2.05, 4.69) is 24.5 Å². The van der Waals surface area contributed by atoms with Gasteiger partial charge in [-0.25, -0.2) is 0 Å². The van der Waals surface area contributed by atoms with Crippen LogP contribution in [0.15, 0.2) is 12.3 Å². The minimum absolute atomic E-state index is 0.659. The summed E-state index contributed by atoms with van der Waals surface area (Å²) in [5.74, 6) is 4.81. The predicted octanol–water partition coefficient (Wildman–Crippen LogP) is 3.42. The molecule has 98 valence electrons. The lowest BCUT2D eigenvalue weighted by atomic mass is 9.52. The van der Waals surface area contributed by atoms with Crippen molar-refractivity contribution in [2.45, 2.75) is 39.0 Å². The molecule has 18 heavy (non-hydrogen) atoms.